The largest absolute Gasteiger partial charge is 0.480 e. The predicted molar refractivity (Wildman–Crippen MR) is 401 cm³/mol. The van der Waals surface area contributed by atoms with Crippen molar-refractivity contribution in [1.82, 2.24) is 29.4 Å². The summed E-state index contributed by atoms with van der Waals surface area (Å²) in [5, 5.41) is 124. The molecule has 0 amide bonds. The molecule has 12 bridgehead atoms. The van der Waals surface area contributed by atoms with Gasteiger partial charge in [0.25, 0.3) is 0 Å². The molecule has 12 N–H and O–H groups in total. The van der Waals surface area contributed by atoms with E-state index in [9.17, 15) is 119 Å². The molecule has 22 heterocycles. The van der Waals surface area contributed by atoms with Gasteiger partial charge >= 0.3 is 71.6 Å². The van der Waals surface area contributed by atoms with Crippen molar-refractivity contribution in [3.63, 3.8) is 0 Å². The zero-order valence-corrected chi connectivity index (χ0v) is 70.8. The van der Waals surface area contributed by atoms with Crippen molar-refractivity contribution in [2.45, 2.75) is 184 Å². The first kappa shape index (κ1) is 105. The highest BCUT2D eigenvalue weighted by Gasteiger charge is 2.62. The molecule has 22 rings (SSSR count). The van der Waals surface area contributed by atoms with Crippen molar-refractivity contribution in [1.29, 1.82) is 0 Å². The molecule has 0 aromatic rings. The van der Waals surface area contributed by atoms with Crippen LogP contribution in [0.1, 0.15) is 0 Å². The number of hydrogen-bond acceptors (Lipinski definition) is 42. The van der Waals surface area contributed by atoms with E-state index in [0.717, 1.165) is 115 Å². The number of rotatable bonds is 48. The average molecular weight is 1830 g/mol. The summed E-state index contributed by atoms with van der Waals surface area (Å²) in [6.07, 6.45) is -53.6. The molecule has 22 aliphatic heterocycles. The molecule has 0 saturated carbocycles. The summed E-state index contributed by atoms with van der Waals surface area (Å²) in [7, 11) is 13.5. The van der Waals surface area contributed by atoms with Crippen LogP contribution in [-0.4, -0.2) is 550 Å². The van der Waals surface area contributed by atoms with Crippen LogP contribution in [0, 0.1) is 0 Å². The standard InChI is InChI=1S/C72H114N6O48/c1-103-55-49-31(13-73(19-37(79)80)20-38(81)82)115-67(61(55)109-7)122-50-32(14-74(21-39(83)84)22-40(85)86)117-69(63(111-9)56(50)104-2)124-52-34(16-76(25-43(91)92)26-44(93)94)119-71(65(113-11)58(52)106-4)126-54-36(18-78(29-47(99)100)30-48(101)102)120-72(66(114-12)60(54)108-6)125-53-35(17-77(27-45(95)96)28-46(97)98)118-70(64(112-10)59(53)107-5)123-51-33(15-75(23-41(87)88)24-42(89)90)116-68(121-49)62(110-8)57(51)105-3/h31-36,49-72H,13-30H2,1-12H3,(H,79,80)(H,81,82)(H,83,84)(H,85,86)(H,87,88)(H,89,90)(H,91,92)(H,93,94)(H,95,96)(H,97,98)(H,99,100)(H,101,102)/t31-,32-,33-,34-,35-,36-,49-,50-,51-,52-,53-,54-,55+,56+,57+,58+,59+,60+,61-,62-,63-,64-,65-,66-,67-,68-,69-,70-,71-,72-/m1/s1. The number of carbonyl (C=O) groups is 12. The van der Waals surface area contributed by atoms with Gasteiger partial charge in [-0.25, -0.2) is 0 Å². The summed E-state index contributed by atoms with van der Waals surface area (Å²) in [6, 6.07) is 0. The van der Waals surface area contributed by atoms with Gasteiger partial charge in [0.15, 0.2) is 37.7 Å². The molecule has 30 atom stereocenters. The molecule has 22 fully saturated rings. The monoisotopic (exact) mass is 1830 g/mol. The van der Waals surface area contributed by atoms with E-state index in [1.54, 1.807) is 0 Å². The minimum atomic E-state index is -1.98. The third-order valence-electron chi connectivity index (χ3n) is 21.5. The summed E-state index contributed by atoms with van der Waals surface area (Å²) < 4.78 is 157. The lowest BCUT2D eigenvalue weighted by atomic mass is 9.93. The van der Waals surface area contributed by atoms with Crippen LogP contribution < -0.4 is 0 Å². The Bertz CT molecular complexity index is 2890. The van der Waals surface area contributed by atoms with Gasteiger partial charge in [-0.2, -0.15) is 0 Å². The highest BCUT2D eigenvalue weighted by Crippen LogP contribution is 2.43. The Hall–Kier alpha value is -7.56. The molecule has 22 aliphatic rings. The van der Waals surface area contributed by atoms with Gasteiger partial charge in [-0.05, 0) is 0 Å². The van der Waals surface area contributed by atoms with E-state index < -0.39 is 374 Å². The van der Waals surface area contributed by atoms with Crippen molar-refractivity contribution in [3.05, 3.63) is 0 Å². The normalized spacial score (nSPS) is 34.5. The van der Waals surface area contributed by atoms with Gasteiger partial charge in [0, 0.05) is 125 Å². The first-order chi connectivity index (χ1) is 59.7. The van der Waals surface area contributed by atoms with Crippen molar-refractivity contribution >= 4 is 71.6 Å². The van der Waals surface area contributed by atoms with Crippen molar-refractivity contribution in [3.8, 4) is 0 Å². The lowest BCUT2D eigenvalue weighted by Crippen LogP contribution is -2.71. The number of carboxylic acids is 12. The second kappa shape index (κ2) is 50.0. The Labute approximate surface area is 718 Å². The van der Waals surface area contributed by atoms with Crippen LogP contribution in [0.3, 0.4) is 0 Å². The van der Waals surface area contributed by atoms with E-state index >= 15 is 0 Å². The van der Waals surface area contributed by atoms with Crippen molar-refractivity contribution in [2.75, 3.05) is 203 Å². The molecular formula is C72H114N6O48. The fourth-order valence-electron chi connectivity index (χ4n) is 16.8. The van der Waals surface area contributed by atoms with E-state index in [1.165, 1.54) is 0 Å². The molecular weight excluding hydrogens is 1720 g/mol. The maximum absolute atomic E-state index is 12.7. The fourth-order valence-corrected chi connectivity index (χ4v) is 16.8. The average Bonchev–Trinajstić information content (AvgIpc) is 0.753. The van der Waals surface area contributed by atoms with Gasteiger partial charge in [0.1, 0.15) is 146 Å². The minimum absolute atomic E-state index is 0.792. The zero-order valence-electron chi connectivity index (χ0n) is 70.8. The predicted octanol–water partition coefficient (Wildman–Crippen LogP) is -8.33. The van der Waals surface area contributed by atoms with Gasteiger partial charge in [0.05, 0.1) is 78.5 Å². The number of hydrogen-bond donors (Lipinski definition) is 12. The zero-order chi connectivity index (χ0) is 93.4. The lowest BCUT2D eigenvalue weighted by Gasteiger charge is -2.54. The van der Waals surface area contributed by atoms with Crippen LogP contribution in [0.4, 0.5) is 0 Å². The fraction of sp³-hybridized carbons (Fsp3) is 0.833. The third-order valence-corrected chi connectivity index (χ3v) is 21.5. The molecule has 22 saturated heterocycles. The van der Waals surface area contributed by atoms with Gasteiger partial charge in [0.2, 0.25) is 0 Å². The highest BCUT2D eigenvalue weighted by molar-refractivity contribution is 5.75. The molecule has 0 radical (unpaired) electrons. The molecule has 126 heavy (non-hydrogen) atoms. The molecule has 0 aromatic heterocycles. The van der Waals surface area contributed by atoms with Crippen LogP contribution in [0.15, 0.2) is 0 Å². The van der Waals surface area contributed by atoms with E-state index in [0.29, 0.717) is 0 Å². The smallest absolute Gasteiger partial charge is 0.317 e. The molecule has 0 spiro atoms. The second-order valence-electron chi connectivity index (χ2n) is 30.0. The number of aliphatic carboxylic acids is 12. The molecule has 0 aromatic carbocycles. The molecule has 54 nitrogen and oxygen atoms in total. The quantitative estimate of drug-likeness (QED) is 0.0269. The van der Waals surface area contributed by atoms with Gasteiger partial charge in [-0.1, -0.05) is 0 Å². The minimum Gasteiger partial charge on any atom is -0.480 e. The van der Waals surface area contributed by atoms with E-state index in [4.69, 9.17) is 114 Å². The van der Waals surface area contributed by atoms with Crippen LogP contribution in [0.2, 0.25) is 0 Å². The number of nitrogens with zero attached hydrogens (tertiary/aromatic N) is 6. The van der Waals surface area contributed by atoms with Crippen LogP contribution in [0.5, 0.6) is 0 Å². The Morgan fingerprint density at radius 3 is 0.349 bits per heavy atom. The Kier molecular flexibility index (Phi) is 41.9. The maximum Gasteiger partial charge on any atom is 0.317 e. The lowest BCUT2D eigenvalue weighted by molar-refractivity contribution is -0.407. The third kappa shape index (κ3) is 28.7. The Balaban J connectivity index is 1.59. The summed E-state index contributed by atoms with van der Waals surface area (Å²) in [6.45, 7) is -17.2. The second-order valence-corrected chi connectivity index (χ2v) is 30.0. The van der Waals surface area contributed by atoms with Crippen LogP contribution in [-0.2, 0) is 171 Å². The summed E-state index contributed by atoms with van der Waals surface area (Å²) in [4.78, 5) is 158. The number of carboxylic acid groups (broad SMARTS) is 12. The summed E-state index contributed by atoms with van der Waals surface area (Å²) >= 11 is 0. The topological polar surface area (TPSA) is 689 Å². The molecule has 0 unspecified atom stereocenters. The SMILES string of the molecule is CO[C@@H]1[C@@H](OC)[C@H]2O[C@H]3[C@H](OC)[C@@H](OC)[C@@H](O[C@H]4[C@H](OC)[C@@H](OC)[C@@H](O[C@H]5[C@H](OC)[C@@H](OC)[C@@H](O[C@H]6[C@H](OC)[C@@H](OC)[C@@H](O[C@H]7[C@H](OC)[C@@H](OC)[C@@H](O[C@@H]1[C@@H](CN(CC(=O)O)CC(=O)O)O2)O[C@@H]7CN(CC(=O)O)CC(=O)O)O[C@@H]6CN(CC(=O)O)CC(=O)O)O[C@@H]5CN(CC(=O)O)CC(=O)O)O[C@@H]4CN(CC(=O)O)CC(=O)O)O[C@@H]3CN(CC(=O)O)CC(=O)O. The number of ether oxygens (including phenoxy) is 24. The van der Waals surface area contributed by atoms with Gasteiger partial charge in [-0.15, -0.1) is 0 Å². The van der Waals surface area contributed by atoms with Crippen LogP contribution in [0.25, 0.3) is 0 Å². The Morgan fingerprint density at radius 1 is 0.175 bits per heavy atom. The maximum atomic E-state index is 12.7. The highest BCUT2D eigenvalue weighted by atomic mass is 16.8. The first-order valence-corrected chi connectivity index (χ1v) is 38.9. The van der Waals surface area contributed by atoms with Crippen LogP contribution >= 0.6 is 0 Å². The van der Waals surface area contributed by atoms with E-state index in [2.05, 4.69) is 0 Å². The number of methoxy groups -OCH3 is 12. The van der Waals surface area contributed by atoms with Gasteiger partial charge < -0.3 is 175 Å². The molecule has 720 valence electrons. The summed E-state index contributed by atoms with van der Waals surface area (Å²) in [5.74, 6) is -18.9. The van der Waals surface area contributed by atoms with Gasteiger partial charge in [-0.3, -0.25) is 86.9 Å². The van der Waals surface area contributed by atoms with E-state index in [-0.39, 0.29) is 0 Å². The van der Waals surface area contributed by atoms with Crippen molar-refractivity contribution in [2.24, 2.45) is 0 Å². The first-order valence-electron chi connectivity index (χ1n) is 38.9. The molecule has 54 heteroatoms. The summed E-state index contributed by atoms with van der Waals surface area (Å²) in [5.41, 5.74) is 0. The van der Waals surface area contributed by atoms with Crippen molar-refractivity contribution < 1.29 is 232 Å². The Morgan fingerprint density at radius 2 is 0.270 bits per heavy atom. The van der Waals surface area contributed by atoms with E-state index in [1.807, 2.05) is 0 Å². The molecule has 0 aliphatic carbocycles.